The van der Waals surface area contributed by atoms with Crippen LogP contribution in [-0.4, -0.2) is 38.7 Å². The lowest BCUT2D eigenvalue weighted by molar-refractivity contribution is -0.126. The van der Waals surface area contributed by atoms with Crippen molar-refractivity contribution < 1.29 is 19.0 Å². The first-order chi connectivity index (χ1) is 12.7. The molecule has 136 valence electrons. The van der Waals surface area contributed by atoms with E-state index in [1.54, 1.807) is 33.5 Å². The van der Waals surface area contributed by atoms with Crippen LogP contribution in [-0.2, 0) is 17.8 Å². The number of hydrogen-bond donors (Lipinski definition) is 0. The molecule has 0 bridgehead atoms. The highest BCUT2D eigenvalue weighted by molar-refractivity contribution is 5.92. The Balaban J connectivity index is 1.76. The molecule has 0 spiro atoms. The largest absolute Gasteiger partial charge is 0.496 e. The standard InChI is InChI=1S/C21H23NO4/c1-24-18-7-5-4-6-15(18)8-9-21(23)22-11-10-16-12-19(25-2)20(26-3)13-17(16)14-22/h4-9,12-13H,10-11,14H2,1-3H3/b9-8+. The number of fused-ring (bicyclic) bond motifs is 1. The minimum atomic E-state index is -0.0173. The van der Waals surface area contributed by atoms with Gasteiger partial charge in [-0.05, 0) is 41.8 Å². The molecule has 1 aliphatic rings. The summed E-state index contributed by atoms with van der Waals surface area (Å²) >= 11 is 0. The third kappa shape index (κ3) is 3.67. The topological polar surface area (TPSA) is 48.0 Å². The summed E-state index contributed by atoms with van der Waals surface area (Å²) < 4.78 is 16.0. The van der Waals surface area contributed by atoms with Crippen LogP contribution in [0, 0.1) is 0 Å². The Morgan fingerprint density at radius 1 is 0.962 bits per heavy atom. The number of carbonyl (C=O) groups is 1. The molecule has 2 aromatic rings. The summed E-state index contributed by atoms with van der Waals surface area (Å²) in [4.78, 5) is 14.4. The van der Waals surface area contributed by atoms with E-state index in [4.69, 9.17) is 14.2 Å². The van der Waals surface area contributed by atoms with Gasteiger partial charge in [0.1, 0.15) is 5.75 Å². The molecular formula is C21H23NO4. The lowest BCUT2D eigenvalue weighted by Crippen LogP contribution is -2.34. The summed E-state index contributed by atoms with van der Waals surface area (Å²) in [7, 11) is 4.87. The van der Waals surface area contributed by atoms with E-state index in [0.717, 1.165) is 29.0 Å². The molecule has 0 aromatic heterocycles. The van der Waals surface area contributed by atoms with Gasteiger partial charge in [-0.25, -0.2) is 0 Å². The molecule has 0 atom stereocenters. The van der Waals surface area contributed by atoms with Crippen molar-refractivity contribution >= 4 is 12.0 Å². The Kier molecular flexibility index (Phi) is 5.46. The summed E-state index contributed by atoms with van der Waals surface area (Å²) in [6.45, 7) is 1.24. The first kappa shape index (κ1) is 17.9. The predicted octanol–water partition coefficient (Wildman–Crippen LogP) is 3.31. The Hall–Kier alpha value is -2.95. The highest BCUT2D eigenvalue weighted by Gasteiger charge is 2.21. The second-order valence-corrected chi connectivity index (χ2v) is 6.06. The fraction of sp³-hybridized carbons (Fsp3) is 0.286. The van der Waals surface area contributed by atoms with Gasteiger partial charge in [-0.3, -0.25) is 4.79 Å². The van der Waals surface area contributed by atoms with Crippen LogP contribution in [0.25, 0.3) is 6.08 Å². The number of nitrogens with zero attached hydrogens (tertiary/aromatic N) is 1. The van der Waals surface area contributed by atoms with Gasteiger partial charge in [-0.15, -0.1) is 0 Å². The SMILES string of the molecule is COc1ccccc1/C=C/C(=O)N1CCc2cc(OC)c(OC)cc2C1. The first-order valence-electron chi connectivity index (χ1n) is 8.50. The number of carbonyl (C=O) groups excluding carboxylic acids is 1. The maximum Gasteiger partial charge on any atom is 0.246 e. The van der Waals surface area contributed by atoms with E-state index in [9.17, 15) is 4.79 Å². The zero-order valence-corrected chi connectivity index (χ0v) is 15.3. The van der Waals surface area contributed by atoms with Crippen LogP contribution in [0.1, 0.15) is 16.7 Å². The van der Waals surface area contributed by atoms with Gasteiger partial charge < -0.3 is 19.1 Å². The quantitative estimate of drug-likeness (QED) is 0.774. The van der Waals surface area contributed by atoms with Crippen molar-refractivity contribution in [1.29, 1.82) is 0 Å². The third-order valence-electron chi connectivity index (χ3n) is 4.57. The van der Waals surface area contributed by atoms with E-state index in [-0.39, 0.29) is 5.91 Å². The molecule has 0 saturated heterocycles. The molecule has 0 saturated carbocycles. The highest BCUT2D eigenvalue weighted by Crippen LogP contribution is 2.33. The Labute approximate surface area is 153 Å². The minimum absolute atomic E-state index is 0.0173. The van der Waals surface area contributed by atoms with Crippen molar-refractivity contribution in [2.24, 2.45) is 0 Å². The summed E-state index contributed by atoms with van der Waals surface area (Å²) in [6.07, 6.45) is 4.19. The number of amides is 1. The van der Waals surface area contributed by atoms with Crippen LogP contribution < -0.4 is 14.2 Å². The van der Waals surface area contributed by atoms with E-state index < -0.39 is 0 Å². The first-order valence-corrected chi connectivity index (χ1v) is 8.50. The van der Waals surface area contributed by atoms with E-state index >= 15 is 0 Å². The molecule has 2 aromatic carbocycles. The van der Waals surface area contributed by atoms with Crippen LogP contribution in [0.5, 0.6) is 17.2 Å². The zero-order chi connectivity index (χ0) is 18.5. The number of benzene rings is 2. The molecule has 1 amide bonds. The molecule has 26 heavy (non-hydrogen) atoms. The average molecular weight is 353 g/mol. The van der Waals surface area contributed by atoms with E-state index in [2.05, 4.69) is 0 Å². The Morgan fingerprint density at radius 2 is 1.62 bits per heavy atom. The number of ether oxygens (including phenoxy) is 3. The number of para-hydroxylation sites is 1. The average Bonchev–Trinajstić information content (AvgIpc) is 2.70. The van der Waals surface area contributed by atoms with Crippen molar-refractivity contribution in [3.63, 3.8) is 0 Å². The predicted molar refractivity (Wildman–Crippen MR) is 101 cm³/mol. The van der Waals surface area contributed by atoms with E-state index in [1.807, 2.05) is 41.3 Å². The molecule has 0 fully saturated rings. The highest BCUT2D eigenvalue weighted by atomic mass is 16.5. The zero-order valence-electron chi connectivity index (χ0n) is 15.3. The molecule has 0 radical (unpaired) electrons. The molecule has 5 nitrogen and oxygen atoms in total. The fourth-order valence-electron chi connectivity index (χ4n) is 3.14. The van der Waals surface area contributed by atoms with Crippen molar-refractivity contribution in [3.05, 3.63) is 59.2 Å². The van der Waals surface area contributed by atoms with Gasteiger partial charge in [0.05, 0.1) is 21.3 Å². The lowest BCUT2D eigenvalue weighted by atomic mass is 9.98. The fourth-order valence-corrected chi connectivity index (χ4v) is 3.14. The maximum absolute atomic E-state index is 12.6. The summed E-state index contributed by atoms with van der Waals surface area (Å²) in [6, 6.07) is 11.6. The molecule has 0 aliphatic carbocycles. The van der Waals surface area contributed by atoms with Gasteiger partial charge in [0.15, 0.2) is 11.5 Å². The van der Waals surface area contributed by atoms with E-state index in [0.29, 0.717) is 18.8 Å². The summed E-state index contributed by atoms with van der Waals surface area (Å²) in [5, 5.41) is 0. The molecule has 0 unspecified atom stereocenters. The molecule has 5 heteroatoms. The summed E-state index contributed by atoms with van der Waals surface area (Å²) in [5.74, 6) is 2.14. The van der Waals surface area contributed by atoms with Crippen LogP contribution in [0.2, 0.25) is 0 Å². The van der Waals surface area contributed by atoms with Crippen LogP contribution in [0.15, 0.2) is 42.5 Å². The van der Waals surface area contributed by atoms with Gasteiger partial charge in [-0.1, -0.05) is 18.2 Å². The summed E-state index contributed by atoms with van der Waals surface area (Å²) in [5.41, 5.74) is 3.17. The van der Waals surface area contributed by atoms with Gasteiger partial charge in [0.25, 0.3) is 0 Å². The van der Waals surface area contributed by atoms with Crippen molar-refractivity contribution in [3.8, 4) is 17.2 Å². The molecular weight excluding hydrogens is 330 g/mol. The van der Waals surface area contributed by atoms with Gasteiger partial charge in [-0.2, -0.15) is 0 Å². The second kappa shape index (κ2) is 7.95. The van der Waals surface area contributed by atoms with Gasteiger partial charge in [0.2, 0.25) is 5.91 Å². The van der Waals surface area contributed by atoms with Crippen molar-refractivity contribution in [2.45, 2.75) is 13.0 Å². The third-order valence-corrected chi connectivity index (χ3v) is 4.57. The Bertz CT molecular complexity index is 829. The smallest absolute Gasteiger partial charge is 0.246 e. The molecule has 3 rings (SSSR count). The van der Waals surface area contributed by atoms with Crippen LogP contribution >= 0.6 is 0 Å². The van der Waals surface area contributed by atoms with Gasteiger partial charge in [0, 0.05) is 24.7 Å². The Morgan fingerprint density at radius 3 is 2.31 bits per heavy atom. The van der Waals surface area contributed by atoms with Crippen LogP contribution in [0.3, 0.4) is 0 Å². The monoisotopic (exact) mass is 353 g/mol. The number of methoxy groups -OCH3 is 3. The normalized spacial score (nSPS) is 13.4. The van der Waals surface area contributed by atoms with Crippen molar-refractivity contribution in [1.82, 2.24) is 4.90 Å². The molecule has 0 N–H and O–H groups in total. The number of rotatable bonds is 5. The van der Waals surface area contributed by atoms with Gasteiger partial charge >= 0.3 is 0 Å². The lowest BCUT2D eigenvalue weighted by Gasteiger charge is -2.28. The molecule has 1 aliphatic heterocycles. The maximum atomic E-state index is 12.6. The molecule has 1 heterocycles. The van der Waals surface area contributed by atoms with Crippen LogP contribution in [0.4, 0.5) is 0 Å². The van der Waals surface area contributed by atoms with E-state index in [1.165, 1.54) is 5.56 Å². The second-order valence-electron chi connectivity index (χ2n) is 6.06. The van der Waals surface area contributed by atoms with Crippen molar-refractivity contribution in [2.75, 3.05) is 27.9 Å². The number of hydrogen-bond acceptors (Lipinski definition) is 4. The minimum Gasteiger partial charge on any atom is -0.496 e.